The molecule has 11 heavy (non-hydrogen) atoms. The van der Waals surface area contributed by atoms with E-state index in [1.54, 1.807) is 0 Å². The third kappa shape index (κ3) is 954. The summed E-state index contributed by atoms with van der Waals surface area (Å²) in [5.41, 5.74) is 0. The summed E-state index contributed by atoms with van der Waals surface area (Å²) in [6.07, 6.45) is 0. The van der Waals surface area contributed by atoms with Crippen molar-refractivity contribution in [3.05, 3.63) is 0 Å². The normalized spacial score (nSPS) is 10.7. The second-order valence-electron chi connectivity index (χ2n) is 1.03. The van der Waals surface area contributed by atoms with Crippen LogP contribution in [0.4, 0.5) is 0 Å². The molecule has 8 nitrogen and oxygen atoms in total. The van der Waals surface area contributed by atoms with E-state index in [9.17, 15) is 0 Å². The summed E-state index contributed by atoms with van der Waals surface area (Å²) in [7, 11) is -9.28. The fourth-order valence-corrected chi connectivity index (χ4v) is 0. The van der Waals surface area contributed by atoms with Crippen molar-refractivity contribution < 1.29 is 60.9 Å². The van der Waals surface area contributed by atoms with Crippen LogP contribution in [0.25, 0.3) is 0 Å². The van der Waals surface area contributed by atoms with Gasteiger partial charge in [-0.2, -0.15) is 0 Å². The van der Waals surface area contributed by atoms with Crippen molar-refractivity contribution in [1.82, 2.24) is 0 Å². The van der Waals surface area contributed by atoms with Gasteiger partial charge in [0.05, 0.1) is 0 Å². The first-order valence-corrected chi connectivity index (χ1v) is 4.70. The Labute approximate surface area is 76.9 Å². The summed E-state index contributed by atoms with van der Waals surface area (Å²) >= 11 is 0. The van der Waals surface area contributed by atoms with Crippen molar-refractivity contribution in [3.8, 4) is 0 Å². The van der Waals surface area contributed by atoms with Crippen LogP contribution < -0.4 is 0 Å². The quantitative estimate of drug-likeness (QED) is 0.225. The van der Waals surface area contributed by atoms with Crippen molar-refractivity contribution in [3.63, 3.8) is 0 Å². The molecule has 0 fully saturated rings. The third-order valence-electron chi connectivity index (χ3n) is 0. The van der Waals surface area contributed by atoms with E-state index in [1.807, 2.05) is 0 Å². The van der Waals surface area contributed by atoms with Gasteiger partial charge in [-0.25, -0.2) is 9.13 Å². The smallest absolute Gasteiger partial charge is 0.303 e. The molecule has 6 N–H and O–H groups in total. The molecule has 0 spiro atoms. The van der Waals surface area contributed by atoms with Crippen LogP contribution in [0.5, 0.6) is 0 Å². The van der Waals surface area contributed by atoms with Gasteiger partial charge < -0.3 is 29.4 Å². The molecule has 0 heterocycles. The predicted molar refractivity (Wildman–Crippen MR) is 28.5 cm³/mol. The molecule has 0 aromatic heterocycles. The van der Waals surface area contributed by atoms with Crippen LogP contribution in [0.3, 0.4) is 0 Å². The Kier molecular flexibility index (Phi) is 10.5. The van der Waals surface area contributed by atoms with Gasteiger partial charge in [0.2, 0.25) is 0 Å². The first kappa shape index (κ1) is 17.9. The molecule has 75 valence electrons. The molecule has 0 aliphatic rings. The van der Waals surface area contributed by atoms with Gasteiger partial charge >= 0.3 is 15.6 Å². The minimum absolute atomic E-state index is 0. The zero-order chi connectivity index (χ0) is 9.00. The molecule has 0 saturated carbocycles. The van der Waals surface area contributed by atoms with E-state index in [0.29, 0.717) is 0 Å². The molecule has 0 saturated heterocycles. The molecular weight excluding hydrogens is 298 g/mol. The molecule has 0 atom stereocenters. The van der Waals surface area contributed by atoms with Crippen LogP contribution >= 0.6 is 15.6 Å². The average Bonchev–Trinajstić information content (AvgIpc) is 1.12. The molecule has 0 bridgehead atoms. The molecule has 0 aliphatic heterocycles. The van der Waals surface area contributed by atoms with Gasteiger partial charge in [0.1, 0.15) is 0 Å². The van der Waals surface area contributed by atoms with E-state index in [2.05, 4.69) is 0 Å². The Morgan fingerprint density at radius 1 is 0.636 bits per heavy atom. The monoisotopic (exact) mass is 303 g/mol. The molecule has 0 aliphatic carbocycles. The molecule has 0 amide bonds. The van der Waals surface area contributed by atoms with Crippen LogP contribution in [0.15, 0.2) is 0 Å². The van der Waals surface area contributed by atoms with Crippen molar-refractivity contribution >= 4 is 15.6 Å². The van der Waals surface area contributed by atoms with Crippen molar-refractivity contribution in [2.24, 2.45) is 0 Å². The van der Waals surface area contributed by atoms with Crippen LogP contribution in [-0.4, -0.2) is 29.4 Å². The molecule has 0 aromatic carbocycles. The van der Waals surface area contributed by atoms with Gasteiger partial charge in [-0.15, -0.1) is 0 Å². The van der Waals surface area contributed by atoms with Crippen molar-refractivity contribution in [2.45, 2.75) is 0 Å². The van der Waals surface area contributed by atoms with Gasteiger partial charge in [-0.1, -0.05) is 0 Å². The van der Waals surface area contributed by atoms with E-state index in [1.165, 1.54) is 0 Å². The Morgan fingerprint density at radius 3 is 0.636 bits per heavy atom. The third-order valence-corrected chi connectivity index (χ3v) is 0. The van der Waals surface area contributed by atoms with Gasteiger partial charge in [-0.05, 0) is 0 Å². The second-order valence-corrected chi connectivity index (χ2v) is 3.08. The largest absolute Gasteiger partial charge is 0.466 e. The van der Waals surface area contributed by atoms with E-state index in [0.717, 1.165) is 0 Å². The average molecular weight is 304 g/mol. The SMILES string of the molecule is O=P(O)(O)O.O=P(O)(O)O.[Ag]. The Hall–Kier alpha value is 0.960. The van der Waals surface area contributed by atoms with E-state index >= 15 is 0 Å². The maximum atomic E-state index is 8.88. The van der Waals surface area contributed by atoms with E-state index in [-0.39, 0.29) is 22.4 Å². The zero-order valence-corrected chi connectivity index (χ0v) is 7.97. The number of phosphoric acid groups is 2. The second kappa shape index (κ2) is 6.47. The molecule has 1 radical (unpaired) electrons. The Morgan fingerprint density at radius 2 is 0.636 bits per heavy atom. The zero-order valence-electron chi connectivity index (χ0n) is 4.70. The summed E-state index contributed by atoms with van der Waals surface area (Å²) in [6, 6.07) is 0. The van der Waals surface area contributed by atoms with Gasteiger partial charge in [0, 0.05) is 22.4 Å². The molecule has 11 heteroatoms. The summed E-state index contributed by atoms with van der Waals surface area (Å²) in [4.78, 5) is 43.1. The number of rotatable bonds is 0. The van der Waals surface area contributed by atoms with E-state index in [4.69, 9.17) is 38.5 Å². The topological polar surface area (TPSA) is 156 Å². The minimum Gasteiger partial charge on any atom is -0.303 e. The van der Waals surface area contributed by atoms with Crippen molar-refractivity contribution in [2.75, 3.05) is 0 Å². The van der Waals surface area contributed by atoms with E-state index < -0.39 is 15.6 Å². The Balaban J connectivity index is -0.000000107. The summed E-state index contributed by atoms with van der Waals surface area (Å²) in [5, 5.41) is 0. The number of hydrogen-bond acceptors (Lipinski definition) is 2. The van der Waals surface area contributed by atoms with Gasteiger partial charge in [0.15, 0.2) is 0 Å². The fourth-order valence-electron chi connectivity index (χ4n) is 0. The molecule has 0 aromatic rings. The Bertz CT molecular complexity index is 124. The maximum absolute atomic E-state index is 8.88. The first-order valence-electron chi connectivity index (χ1n) is 1.57. The van der Waals surface area contributed by atoms with Crippen molar-refractivity contribution in [1.29, 1.82) is 0 Å². The van der Waals surface area contributed by atoms with Gasteiger partial charge in [0.25, 0.3) is 0 Å². The molecule has 0 unspecified atom stereocenters. The first-order chi connectivity index (χ1) is 4.00. The predicted octanol–water partition coefficient (Wildman–Crippen LogP) is -1.86. The summed E-state index contributed by atoms with van der Waals surface area (Å²) in [5.74, 6) is 0. The van der Waals surface area contributed by atoms with Crippen LogP contribution in [0, 0.1) is 0 Å². The molecule has 0 rings (SSSR count). The molecular formula is H6AgO8P2. The standard InChI is InChI=1S/Ag.2H3O4P/c;2*1-5(2,3)4/h;2*(H3,1,2,3,4). The number of hydrogen-bond donors (Lipinski definition) is 6. The maximum Gasteiger partial charge on any atom is 0.466 e. The van der Waals surface area contributed by atoms with Crippen LogP contribution in [0.2, 0.25) is 0 Å². The van der Waals surface area contributed by atoms with Gasteiger partial charge in [-0.3, -0.25) is 0 Å². The van der Waals surface area contributed by atoms with Crippen LogP contribution in [-0.2, 0) is 31.5 Å². The summed E-state index contributed by atoms with van der Waals surface area (Å²) < 4.78 is 17.8. The minimum atomic E-state index is -4.64. The fraction of sp³-hybridized carbons (Fsp3) is 0. The van der Waals surface area contributed by atoms with Crippen LogP contribution in [0.1, 0.15) is 0 Å². The summed E-state index contributed by atoms with van der Waals surface area (Å²) in [6.45, 7) is 0.